The molecule has 0 amide bonds. The lowest BCUT2D eigenvalue weighted by atomic mass is 10.1. The van der Waals surface area contributed by atoms with Crippen LogP contribution < -0.4 is 11.1 Å². The summed E-state index contributed by atoms with van der Waals surface area (Å²) >= 11 is 0. The minimum atomic E-state index is -0.513. The molecule has 7 nitrogen and oxygen atoms in total. The summed E-state index contributed by atoms with van der Waals surface area (Å²) in [6.45, 7) is 1.94. The Morgan fingerprint density at radius 1 is 1.65 bits per heavy atom. The molecule has 0 aromatic carbocycles. The van der Waals surface area contributed by atoms with E-state index in [1.165, 1.54) is 12.1 Å². The third kappa shape index (κ3) is 3.56. The topological polar surface area (TPSA) is 114 Å². The Kier molecular flexibility index (Phi) is 4.65. The lowest BCUT2D eigenvalue weighted by molar-refractivity contribution is -0.384. The maximum absolute atomic E-state index is 10.8. The summed E-state index contributed by atoms with van der Waals surface area (Å²) in [5.74, 6) is 0.368. The number of aliphatic hydroxyl groups is 1. The number of pyridine rings is 1. The van der Waals surface area contributed by atoms with Gasteiger partial charge in [-0.05, 0) is 18.9 Å². The van der Waals surface area contributed by atoms with Gasteiger partial charge in [-0.2, -0.15) is 0 Å². The van der Waals surface area contributed by atoms with Gasteiger partial charge in [0, 0.05) is 18.7 Å². The molecule has 1 rings (SSSR count). The maximum atomic E-state index is 10.8. The molecular formula is C10H16N4O3. The molecular weight excluding hydrogens is 224 g/mol. The van der Waals surface area contributed by atoms with Gasteiger partial charge in [0.25, 0.3) is 0 Å². The first kappa shape index (κ1) is 13.2. The van der Waals surface area contributed by atoms with Gasteiger partial charge in [0.05, 0.1) is 4.92 Å². The molecule has 0 saturated heterocycles. The Bertz CT molecular complexity index is 397. The minimum Gasteiger partial charge on any atom is -0.396 e. The summed E-state index contributed by atoms with van der Waals surface area (Å²) in [5.41, 5.74) is 5.38. The third-order valence-electron chi connectivity index (χ3n) is 2.40. The second-order valence-electron chi connectivity index (χ2n) is 3.62. The van der Waals surface area contributed by atoms with Crippen molar-refractivity contribution in [3.05, 3.63) is 22.2 Å². The van der Waals surface area contributed by atoms with E-state index in [1.807, 2.05) is 6.92 Å². The van der Waals surface area contributed by atoms with E-state index in [4.69, 9.17) is 10.8 Å². The highest BCUT2D eigenvalue weighted by molar-refractivity contribution is 5.59. The van der Waals surface area contributed by atoms with Crippen molar-refractivity contribution in [2.75, 3.05) is 17.7 Å². The van der Waals surface area contributed by atoms with E-state index in [1.54, 1.807) is 0 Å². The van der Waals surface area contributed by atoms with Crippen molar-refractivity contribution < 1.29 is 10.0 Å². The van der Waals surface area contributed by atoms with Crippen molar-refractivity contribution in [1.29, 1.82) is 0 Å². The molecule has 1 heterocycles. The molecule has 17 heavy (non-hydrogen) atoms. The molecule has 0 aliphatic rings. The van der Waals surface area contributed by atoms with Crippen LogP contribution in [0.3, 0.4) is 0 Å². The van der Waals surface area contributed by atoms with Gasteiger partial charge in [-0.15, -0.1) is 0 Å². The van der Waals surface area contributed by atoms with Gasteiger partial charge in [-0.1, -0.05) is 6.92 Å². The van der Waals surface area contributed by atoms with Crippen LogP contribution in [0.15, 0.2) is 12.1 Å². The molecule has 4 N–H and O–H groups in total. The molecule has 7 heteroatoms. The van der Waals surface area contributed by atoms with E-state index in [2.05, 4.69) is 10.3 Å². The monoisotopic (exact) mass is 240 g/mol. The summed E-state index contributed by atoms with van der Waals surface area (Å²) in [6, 6.07) is 2.64. The number of nitro groups is 1. The smallest absolute Gasteiger partial charge is 0.311 e. The quantitative estimate of drug-likeness (QED) is 0.507. The zero-order valence-corrected chi connectivity index (χ0v) is 9.59. The Hall–Kier alpha value is -1.89. The van der Waals surface area contributed by atoms with Crippen molar-refractivity contribution >= 4 is 17.3 Å². The number of anilines is 2. The highest BCUT2D eigenvalue weighted by Gasteiger charge is 2.18. The second kappa shape index (κ2) is 6.00. The standard InChI is InChI=1S/C10H16N4O3/c1-2-7(5-6-15)12-10-8(14(16)17)3-4-9(11)13-10/h3-4,7,15H,2,5-6H2,1H3,(H3,11,12,13). The number of hydrogen-bond acceptors (Lipinski definition) is 6. The molecule has 1 aromatic rings. The Morgan fingerprint density at radius 2 is 2.35 bits per heavy atom. The summed E-state index contributed by atoms with van der Waals surface area (Å²) in [7, 11) is 0. The first-order chi connectivity index (χ1) is 8.08. The molecule has 0 fully saturated rings. The van der Waals surface area contributed by atoms with Crippen molar-refractivity contribution in [3.8, 4) is 0 Å². The van der Waals surface area contributed by atoms with Crippen LogP contribution in [-0.4, -0.2) is 27.7 Å². The van der Waals surface area contributed by atoms with Crippen LogP contribution in [0.5, 0.6) is 0 Å². The zero-order valence-electron chi connectivity index (χ0n) is 9.59. The molecule has 94 valence electrons. The molecule has 0 bridgehead atoms. The largest absolute Gasteiger partial charge is 0.396 e. The van der Waals surface area contributed by atoms with E-state index >= 15 is 0 Å². The zero-order chi connectivity index (χ0) is 12.8. The van der Waals surface area contributed by atoms with Crippen molar-refractivity contribution in [2.24, 2.45) is 0 Å². The van der Waals surface area contributed by atoms with E-state index in [9.17, 15) is 10.1 Å². The number of rotatable bonds is 6. The Labute approximate surface area is 98.8 Å². The van der Waals surface area contributed by atoms with E-state index in [-0.39, 0.29) is 30.0 Å². The highest BCUT2D eigenvalue weighted by Crippen LogP contribution is 2.24. The number of nitrogens with zero attached hydrogens (tertiary/aromatic N) is 2. The number of aromatic nitrogens is 1. The average molecular weight is 240 g/mol. The normalized spacial score (nSPS) is 12.1. The number of nitrogens with one attached hydrogen (secondary N) is 1. The molecule has 0 aliphatic carbocycles. The van der Waals surface area contributed by atoms with Crippen LogP contribution in [-0.2, 0) is 0 Å². The molecule has 1 aromatic heterocycles. The van der Waals surface area contributed by atoms with Gasteiger partial charge in [-0.3, -0.25) is 10.1 Å². The predicted molar refractivity (Wildman–Crippen MR) is 64.7 cm³/mol. The lowest BCUT2D eigenvalue weighted by Gasteiger charge is -2.16. The molecule has 0 saturated carbocycles. The van der Waals surface area contributed by atoms with Gasteiger partial charge in [0.1, 0.15) is 5.82 Å². The fourth-order valence-electron chi connectivity index (χ4n) is 1.45. The van der Waals surface area contributed by atoms with Gasteiger partial charge >= 0.3 is 5.69 Å². The molecule has 1 unspecified atom stereocenters. The fourth-order valence-corrected chi connectivity index (χ4v) is 1.45. The lowest BCUT2D eigenvalue weighted by Crippen LogP contribution is -2.21. The van der Waals surface area contributed by atoms with Crippen molar-refractivity contribution in [3.63, 3.8) is 0 Å². The van der Waals surface area contributed by atoms with Crippen LogP contribution in [0.1, 0.15) is 19.8 Å². The second-order valence-corrected chi connectivity index (χ2v) is 3.62. The fraction of sp³-hybridized carbons (Fsp3) is 0.500. The average Bonchev–Trinajstić information content (AvgIpc) is 2.28. The third-order valence-corrected chi connectivity index (χ3v) is 2.40. The van der Waals surface area contributed by atoms with Gasteiger partial charge in [-0.25, -0.2) is 4.98 Å². The van der Waals surface area contributed by atoms with Crippen LogP contribution in [0, 0.1) is 10.1 Å². The van der Waals surface area contributed by atoms with Gasteiger partial charge in [0.2, 0.25) is 5.82 Å². The molecule has 1 atom stereocenters. The molecule has 0 aliphatic heterocycles. The number of hydrogen-bond donors (Lipinski definition) is 3. The van der Waals surface area contributed by atoms with E-state index < -0.39 is 4.92 Å². The van der Waals surface area contributed by atoms with Crippen LogP contribution in [0.25, 0.3) is 0 Å². The first-order valence-corrected chi connectivity index (χ1v) is 5.36. The SMILES string of the molecule is CCC(CCO)Nc1nc(N)ccc1[N+](=O)[O-]. The Morgan fingerprint density at radius 3 is 2.88 bits per heavy atom. The summed E-state index contributed by atoms with van der Waals surface area (Å²) in [5, 5.41) is 22.6. The first-order valence-electron chi connectivity index (χ1n) is 5.36. The van der Waals surface area contributed by atoms with E-state index in [0.29, 0.717) is 6.42 Å². The Balaban J connectivity index is 2.94. The maximum Gasteiger partial charge on any atom is 0.311 e. The molecule has 0 radical (unpaired) electrons. The highest BCUT2D eigenvalue weighted by atomic mass is 16.6. The number of aliphatic hydroxyl groups excluding tert-OH is 1. The summed E-state index contributed by atoms with van der Waals surface area (Å²) in [6.07, 6.45) is 1.23. The van der Waals surface area contributed by atoms with E-state index in [0.717, 1.165) is 6.42 Å². The van der Waals surface area contributed by atoms with Crippen molar-refractivity contribution in [2.45, 2.75) is 25.8 Å². The van der Waals surface area contributed by atoms with Gasteiger partial charge < -0.3 is 16.2 Å². The van der Waals surface area contributed by atoms with Crippen LogP contribution in [0.2, 0.25) is 0 Å². The van der Waals surface area contributed by atoms with Crippen LogP contribution in [0.4, 0.5) is 17.3 Å². The van der Waals surface area contributed by atoms with Gasteiger partial charge in [0.15, 0.2) is 0 Å². The number of nitrogens with two attached hydrogens (primary N) is 1. The minimum absolute atomic E-state index is 0.0155. The molecule has 0 spiro atoms. The number of nitrogen functional groups attached to an aromatic ring is 1. The summed E-state index contributed by atoms with van der Waals surface area (Å²) < 4.78 is 0. The predicted octanol–water partition coefficient (Wildman–Crippen LogP) is 1.14. The summed E-state index contributed by atoms with van der Waals surface area (Å²) in [4.78, 5) is 14.2. The van der Waals surface area contributed by atoms with Crippen LogP contribution >= 0.6 is 0 Å². The van der Waals surface area contributed by atoms with Crippen molar-refractivity contribution in [1.82, 2.24) is 4.98 Å².